The Labute approximate surface area is 337 Å². The number of likely N-dealkylation sites (tertiary alicyclic amines) is 1. The van der Waals surface area contributed by atoms with Gasteiger partial charge in [-0.3, -0.25) is 39.1 Å². The highest BCUT2D eigenvalue weighted by molar-refractivity contribution is 6.32. The van der Waals surface area contributed by atoms with E-state index >= 15 is 0 Å². The molecule has 0 saturated carbocycles. The molecule has 0 radical (unpaired) electrons. The molecule has 6 aliphatic heterocycles. The zero-order chi connectivity index (χ0) is 39.6. The normalized spacial score (nSPS) is 23.6. The topological polar surface area (TPSA) is 137 Å². The Morgan fingerprint density at radius 1 is 0.877 bits per heavy atom. The average molecular weight is 788 g/mol. The molecule has 0 bridgehead atoms. The van der Waals surface area contributed by atoms with E-state index in [4.69, 9.17) is 11.6 Å². The van der Waals surface area contributed by atoms with Crippen molar-refractivity contribution >= 4 is 52.5 Å². The maximum absolute atomic E-state index is 13.6. The van der Waals surface area contributed by atoms with Crippen LogP contribution in [0.2, 0.25) is 5.02 Å². The Balaban J connectivity index is 0.745. The first-order chi connectivity index (χ1) is 27.5. The minimum absolute atomic E-state index is 0.0734. The van der Waals surface area contributed by atoms with E-state index in [-0.39, 0.29) is 24.2 Å². The van der Waals surface area contributed by atoms with Crippen molar-refractivity contribution in [2.75, 3.05) is 49.1 Å². The molecule has 2 atom stereocenters. The van der Waals surface area contributed by atoms with Crippen LogP contribution in [0, 0.1) is 22.7 Å². The lowest BCUT2D eigenvalue weighted by Gasteiger charge is -2.40. The van der Waals surface area contributed by atoms with Gasteiger partial charge in [-0.05, 0) is 123 Å². The lowest BCUT2D eigenvalue weighted by molar-refractivity contribution is -0.136. The lowest BCUT2D eigenvalue weighted by Crippen LogP contribution is -2.54. The van der Waals surface area contributed by atoms with Crippen LogP contribution in [0.5, 0.6) is 0 Å². The molecular weight excluding hydrogens is 742 g/mol. The Morgan fingerprint density at radius 2 is 1.53 bits per heavy atom. The molecule has 5 amide bonds. The fourth-order valence-electron chi connectivity index (χ4n) is 10.3. The predicted octanol–water partition coefficient (Wildman–Crippen LogP) is 5.37. The molecular formula is C44H46ClN7O5. The van der Waals surface area contributed by atoms with Crippen molar-refractivity contribution in [1.82, 2.24) is 20.0 Å². The number of imide groups is 2. The van der Waals surface area contributed by atoms with Crippen LogP contribution >= 0.6 is 11.6 Å². The zero-order valence-electron chi connectivity index (χ0n) is 32.1. The van der Waals surface area contributed by atoms with Crippen LogP contribution in [0.3, 0.4) is 0 Å². The Morgan fingerprint density at radius 3 is 2.14 bits per heavy atom. The molecule has 3 aromatic carbocycles. The van der Waals surface area contributed by atoms with Crippen LogP contribution in [-0.4, -0.2) is 95.6 Å². The molecule has 9 rings (SSSR count). The summed E-state index contributed by atoms with van der Waals surface area (Å²) in [6.07, 6.45) is 5.39. The van der Waals surface area contributed by atoms with Crippen molar-refractivity contribution in [3.05, 3.63) is 93.0 Å². The fraction of sp³-hybridized carbons (Fsp3) is 0.455. The summed E-state index contributed by atoms with van der Waals surface area (Å²) < 4.78 is 0. The molecule has 6 aliphatic rings. The first-order valence-electron chi connectivity index (χ1n) is 20.2. The third-order valence-corrected chi connectivity index (χ3v) is 13.8. The summed E-state index contributed by atoms with van der Waals surface area (Å²) in [5.74, 6) is -1.44. The smallest absolute Gasteiger partial charge is 0.262 e. The molecule has 13 heteroatoms. The highest BCUT2D eigenvalue weighted by Gasteiger charge is 2.46. The van der Waals surface area contributed by atoms with Crippen LogP contribution < -0.4 is 15.1 Å². The van der Waals surface area contributed by atoms with Crippen LogP contribution in [0.4, 0.5) is 11.4 Å². The van der Waals surface area contributed by atoms with E-state index in [1.165, 1.54) is 0 Å². The SMILES string of the molecule is CC1CC2(CCN(c3ccc(C(=O)N4CCC(CN5Cc6cc7c(cc6C5)C(=O)N(C5CCC(=O)NC5=O)C7=O)CC4)cc3)CC2)CN1c1ccc(C#N)c(Cl)c1. The molecule has 0 aromatic heterocycles. The van der Waals surface area contributed by atoms with Crippen LogP contribution in [-0.2, 0) is 22.7 Å². The van der Waals surface area contributed by atoms with Crippen molar-refractivity contribution in [2.24, 2.45) is 11.3 Å². The number of nitriles is 1. The van der Waals surface area contributed by atoms with Gasteiger partial charge in [-0.1, -0.05) is 11.6 Å². The van der Waals surface area contributed by atoms with Gasteiger partial charge in [0.2, 0.25) is 11.8 Å². The Kier molecular flexibility index (Phi) is 9.56. The number of hydrogen-bond donors (Lipinski definition) is 1. The third-order valence-electron chi connectivity index (χ3n) is 13.4. The number of fused-ring (bicyclic) bond motifs is 2. The highest BCUT2D eigenvalue weighted by atomic mass is 35.5. The Bertz CT molecular complexity index is 2180. The van der Waals surface area contributed by atoms with Gasteiger partial charge in [0.15, 0.2) is 0 Å². The second-order valence-corrected chi connectivity index (χ2v) is 17.4. The Hall–Kier alpha value is -5.25. The van der Waals surface area contributed by atoms with Gasteiger partial charge >= 0.3 is 0 Å². The van der Waals surface area contributed by atoms with Crippen LogP contribution in [0.15, 0.2) is 54.6 Å². The number of nitrogens with zero attached hydrogens (tertiary/aromatic N) is 6. The van der Waals surface area contributed by atoms with Gasteiger partial charge in [0.25, 0.3) is 17.7 Å². The summed E-state index contributed by atoms with van der Waals surface area (Å²) in [4.78, 5) is 74.5. The summed E-state index contributed by atoms with van der Waals surface area (Å²) in [5, 5.41) is 12.0. The molecule has 12 nitrogen and oxygen atoms in total. The van der Waals surface area contributed by atoms with Crippen molar-refractivity contribution in [2.45, 2.75) is 77.0 Å². The van der Waals surface area contributed by atoms with Gasteiger partial charge in [0, 0.05) is 81.8 Å². The third kappa shape index (κ3) is 6.84. The van der Waals surface area contributed by atoms with E-state index in [9.17, 15) is 29.2 Å². The van der Waals surface area contributed by atoms with Gasteiger partial charge < -0.3 is 14.7 Å². The summed E-state index contributed by atoms with van der Waals surface area (Å²) in [7, 11) is 0. The van der Waals surface area contributed by atoms with Gasteiger partial charge in [0.05, 0.1) is 21.7 Å². The maximum atomic E-state index is 13.6. The number of halogens is 1. The monoisotopic (exact) mass is 787 g/mol. The van der Waals surface area contributed by atoms with E-state index < -0.39 is 29.7 Å². The number of hydrogen-bond acceptors (Lipinski definition) is 9. The van der Waals surface area contributed by atoms with E-state index in [2.05, 4.69) is 45.1 Å². The minimum atomic E-state index is -0.968. The molecule has 6 heterocycles. The molecule has 2 unspecified atom stereocenters. The number of nitrogens with one attached hydrogen (secondary N) is 1. The first kappa shape index (κ1) is 37.3. The van der Waals surface area contributed by atoms with E-state index in [0.717, 1.165) is 91.2 Å². The molecule has 57 heavy (non-hydrogen) atoms. The summed E-state index contributed by atoms with van der Waals surface area (Å²) in [5.41, 5.74) is 6.40. The van der Waals surface area contributed by atoms with Crippen molar-refractivity contribution in [3.63, 3.8) is 0 Å². The molecule has 4 saturated heterocycles. The average Bonchev–Trinajstić information content (AvgIpc) is 3.84. The largest absolute Gasteiger partial charge is 0.371 e. The number of benzene rings is 3. The van der Waals surface area contributed by atoms with E-state index in [1.807, 2.05) is 47.4 Å². The number of carbonyl (C=O) groups is 5. The highest BCUT2D eigenvalue weighted by Crippen LogP contribution is 2.46. The number of amides is 5. The van der Waals surface area contributed by atoms with Gasteiger partial charge in [-0.2, -0.15) is 5.26 Å². The molecule has 4 fully saturated rings. The van der Waals surface area contributed by atoms with Gasteiger partial charge in [-0.15, -0.1) is 0 Å². The summed E-state index contributed by atoms with van der Waals surface area (Å²) in [6.45, 7) is 8.85. The number of piperidine rings is 3. The van der Waals surface area contributed by atoms with Gasteiger partial charge in [-0.25, -0.2) is 0 Å². The number of rotatable bonds is 6. The van der Waals surface area contributed by atoms with Crippen molar-refractivity contribution < 1.29 is 24.0 Å². The fourth-order valence-corrected chi connectivity index (χ4v) is 10.5. The van der Waals surface area contributed by atoms with Gasteiger partial charge in [0.1, 0.15) is 12.1 Å². The quantitative estimate of drug-likeness (QED) is 0.327. The molecule has 1 N–H and O–H groups in total. The lowest BCUT2D eigenvalue weighted by atomic mass is 9.76. The standard InChI is InChI=1S/C44H46ClN7O5/c1-27-21-44(26-51(27)34-7-4-30(22-46)37(45)20-34)12-16-49(17-13-44)33-5-2-29(3-6-33)41(55)50-14-10-28(11-15-50)23-48-24-31-18-35-36(19-32(31)25-48)43(57)52(42(35)56)38-8-9-39(53)47-40(38)54/h2-7,18-20,27-28,38H,8-17,21,23-26H2,1H3,(H,47,53,54). The molecule has 1 spiro atoms. The summed E-state index contributed by atoms with van der Waals surface area (Å²) in [6, 6.07) is 19.1. The zero-order valence-corrected chi connectivity index (χ0v) is 32.9. The predicted molar refractivity (Wildman–Crippen MR) is 214 cm³/mol. The minimum Gasteiger partial charge on any atom is -0.371 e. The first-order valence-corrected chi connectivity index (χ1v) is 20.6. The maximum Gasteiger partial charge on any atom is 0.262 e. The van der Waals surface area contributed by atoms with Crippen LogP contribution in [0.1, 0.15) is 99.6 Å². The van der Waals surface area contributed by atoms with E-state index in [0.29, 0.717) is 59.9 Å². The molecule has 0 aliphatic carbocycles. The number of carbonyl (C=O) groups excluding carboxylic acids is 5. The summed E-state index contributed by atoms with van der Waals surface area (Å²) >= 11 is 6.37. The second-order valence-electron chi connectivity index (χ2n) is 17.0. The molecule has 294 valence electrons. The van der Waals surface area contributed by atoms with Crippen LogP contribution in [0.25, 0.3) is 0 Å². The van der Waals surface area contributed by atoms with Crippen molar-refractivity contribution in [1.29, 1.82) is 5.26 Å². The second kappa shape index (κ2) is 14.6. The van der Waals surface area contributed by atoms with E-state index in [1.54, 1.807) is 0 Å². The molecule has 3 aromatic rings. The van der Waals surface area contributed by atoms with Crippen molar-refractivity contribution in [3.8, 4) is 6.07 Å². The number of anilines is 2.